The zero-order chi connectivity index (χ0) is 16.6. The number of carbonyl (C=O) groups is 1. The first kappa shape index (κ1) is 14.4. The number of rotatable bonds is 3. The molecule has 0 fully saturated rings. The summed E-state index contributed by atoms with van der Waals surface area (Å²) in [6, 6.07) is 9.88. The molecule has 0 saturated carbocycles. The third-order valence-electron chi connectivity index (χ3n) is 3.44. The van der Waals surface area contributed by atoms with E-state index in [1.807, 2.05) is 12.1 Å². The monoisotopic (exact) mass is 312 g/mol. The van der Waals surface area contributed by atoms with Gasteiger partial charge in [-0.1, -0.05) is 18.2 Å². The highest BCUT2D eigenvalue weighted by Gasteiger charge is 2.23. The predicted molar refractivity (Wildman–Crippen MR) is 84.8 cm³/mol. The lowest BCUT2D eigenvalue weighted by molar-refractivity contribution is -0.384. The van der Waals surface area contributed by atoms with E-state index < -0.39 is 16.7 Å². The van der Waals surface area contributed by atoms with E-state index in [1.165, 1.54) is 12.1 Å². The van der Waals surface area contributed by atoms with Gasteiger partial charge in [-0.05, 0) is 12.1 Å². The Morgan fingerprint density at radius 1 is 1.22 bits per heavy atom. The molecule has 1 aromatic heterocycles. The van der Waals surface area contributed by atoms with Gasteiger partial charge in [0.2, 0.25) is 0 Å². The highest BCUT2D eigenvalue weighted by atomic mass is 16.6. The summed E-state index contributed by atoms with van der Waals surface area (Å²) < 4.78 is 0. The number of H-pyrrole nitrogens is 1. The molecule has 0 radical (unpaired) electrons. The summed E-state index contributed by atoms with van der Waals surface area (Å²) in [5.41, 5.74) is 6.45. The van der Waals surface area contributed by atoms with E-state index >= 15 is 0 Å². The largest absolute Gasteiger partial charge is 0.505 e. The number of nitrogens with two attached hydrogens (primary N) is 1. The van der Waals surface area contributed by atoms with Crippen molar-refractivity contribution in [2.75, 3.05) is 4.90 Å². The Morgan fingerprint density at radius 3 is 2.61 bits per heavy atom. The van der Waals surface area contributed by atoms with Gasteiger partial charge in [0.15, 0.2) is 0 Å². The molecule has 0 bridgehead atoms. The SMILES string of the molecule is NC(=O)N(c1ccc([N+](=O)[O-])cc1O)c1c[nH]c2ccccc12. The zero-order valence-corrected chi connectivity index (χ0v) is 11.8. The number of nitrogens with zero attached hydrogens (tertiary/aromatic N) is 2. The topological polar surface area (TPSA) is 125 Å². The Balaban J connectivity index is 2.17. The fraction of sp³-hybridized carbons (Fsp3) is 0. The smallest absolute Gasteiger partial charge is 0.324 e. The van der Waals surface area contributed by atoms with Crippen molar-refractivity contribution in [3.63, 3.8) is 0 Å². The van der Waals surface area contributed by atoms with Gasteiger partial charge in [-0.3, -0.25) is 15.0 Å². The number of anilines is 2. The van der Waals surface area contributed by atoms with E-state index in [-0.39, 0.29) is 11.4 Å². The first-order valence-electron chi connectivity index (χ1n) is 6.62. The van der Waals surface area contributed by atoms with Crippen LogP contribution in [0, 0.1) is 10.1 Å². The predicted octanol–water partition coefficient (Wildman–Crippen LogP) is 3.00. The molecule has 0 saturated heterocycles. The van der Waals surface area contributed by atoms with Crippen LogP contribution in [0.2, 0.25) is 0 Å². The fourth-order valence-corrected chi connectivity index (χ4v) is 2.42. The van der Waals surface area contributed by atoms with Crippen molar-refractivity contribution in [3.05, 3.63) is 58.8 Å². The van der Waals surface area contributed by atoms with E-state index in [2.05, 4.69) is 4.98 Å². The molecule has 8 heteroatoms. The Morgan fingerprint density at radius 2 is 1.96 bits per heavy atom. The van der Waals surface area contributed by atoms with Crippen LogP contribution >= 0.6 is 0 Å². The summed E-state index contributed by atoms with van der Waals surface area (Å²) >= 11 is 0. The van der Waals surface area contributed by atoms with Crippen molar-refractivity contribution in [1.82, 2.24) is 4.98 Å². The number of nitrogens with one attached hydrogen (secondary N) is 1. The number of urea groups is 1. The first-order chi connectivity index (χ1) is 11.0. The number of nitro groups is 1. The van der Waals surface area contributed by atoms with Crippen LogP contribution in [-0.4, -0.2) is 21.0 Å². The number of primary amides is 1. The molecule has 4 N–H and O–H groups in total. The fourth-order valence-electron chi connectivity index (χ4n) is 2.42. The van der Waals surface area contributed by atoms with Gasteiger partial charge in [-0.25, -0.2) is 4.79 Å². The number of amides is 2. The van der Waals surface area contributed by atoms with E-state index in [4.69, 9.17) is 5.73 Å². The number of phenols is 1. The summed E-state index contributed by atoms with van der Waals surface area (Å²) in [4.78, 5) is 26.1. The van der Waals surface area contributed by atoms with Crippen molar-refractivity contribution in [1.29, 1.82) is 0 Å². The van der Waals surface area contributed by atoms with Crippen LogP contribution in [0.4, 0.5) is 21.9 Å². The van der Waals surface area contributed by atoms with E-state index in [0.29, 0.717) is 5.69 Å². The number of nitro benzene ring substituents is 1. The summed E-state index contributed by atoms with van der Waals surface area (Å²) in [6.07, 6.45) is 1.58. The second-order valence-electron chi connectivity index (χ2n) is 4.82. The van der Waals surface area contributed by atoms with Crippen LogP contribution in [0.15, 0.2) is 48.7 Å². The lowest BCUT2D eigenvalue weighted by Gasteiger charge is -2.20. The van der Waals surface area contributed by atoms with Crippen molar-refractivity contribution < 1.29 is 14.8 Å². The molecule has 116 valence electrons. The molecule has 23 heavy (non-hydrogen) atoms. The number of aromatic nitrogens is 1. The minimum absolute atomic E-state index is 0.0628. The maximum Gasteiger partial charge on any atom is 0.324 e. The average Bonchev–Trinajstić information content (AvgIpc) is 2.93. The minimum atomic E-state index is -0.820. The van der Waals surface area contributed by atoms with Crippen molar-refractivity contribution in [2.24, 2.45) is 5.73 Å². The summed E-state index contributed by atoms with van der Waals surface area (Å²) in [5.74, 6) is -0.414. The van der Waals surface area contributed by atoms with E-state index in [1.54, 1.807) is 18.3 Å². The van der Waals surface area contributed by atoms with Gasteiger partial charge in [0, 0.05) is 23.2 Å². The zero-order valence-electron chi connectivity index (χ0n) is 11.8. The molecule has 2 aromatic carbocycles. The van der Waals surface area contributed by atoms with Crippen LogP contribution in [0.5, 0.6) is 5.75 Å². The second kappa shape index (κ2) is 5.34. The lowest BCUT2D eigenvalue weighted by atomic mass is 10.2. The summed E-state index contributed by atoms with van der Waals surface area (Å²) in [5, 5.41) is 21.5. The Bertz CT molecular complexity index is 919. The Labute approximate surface area is 129 Å². The van der Waals surface area contributed by atoms with Gasteiger partial charge in [-0.15, -0.1) is 0 Å². The number of fused-ring (bicyclic) bond motifs is 1. The van der Waals surface area contributed by atoms with Gasteiger partial charge < -0.3 is 15.8 Å². The highest BCUT2D eigenvalue weighted by Crippen LogP contribution is 2.38. The van der Waals surface area contributed by atoms with Gasteiger partial charge in [0.1, 0.15) is 5.75 Å². The van der Waals surface area contributed by atoms with Crippen molar-refractivity contribution in [3.8, 4) is 5.75 Å². The number of carbonyl (C=O) groups excluding carboxylic acids is 1. The van der Waals surface area contributed by atoms with Gasteiger partial charge >= 0.3 is 6.03 Å². The van der Waals surface area contributed by atoms with Gasteiger partial charge in [0.05, 0.1) is 22.4 Å². The molecular weight excluding hydrogens is 300 g/mol. The van der Waals surface area contributed by atoms with Gasteiger partial charge in [-0.2, -0.15) is 0 Å². The van der Waals surface area contributed by atoms with Crippen molar-refractivity contribution >= 4 is 34.0 Å². The van der Waals surface area contributed by atoms with Crippen LogP contribution in [0.1, 0.15) is 0 Å². The van der Waals surface area contributed by atoms with E-state index in [9.17, 15) is 20.0 Å². The quantitative estimate of drug-likeness (QED) is 0.507. The van der Waals surface area contributed by atoms with E-state index in [0.717, 1.165) is 21.9 Å². The highest BCUT2D eigenvalue weighted by molar-refractivity contribution is 6.07. The van der Waals surface area contributed by atoms with Crippen LogP contribution < -0.4 is 10.6 Å². The van der Waals surface area contributed by atoms with Crippen LogP contribution in [-0.2, 0) is 0 Å². The molecule has 0 atom stereocenters. The minimum Gasteiger partial charge on any atom is -0.505 e. The maximum absolute atomic E-state index is 11.9. The molecule has 0 aliphatic carbocycles. The third-order valence-corrected chi connectivity index (χ3v) is 3.44. The Kier molecular flexibility index (Phi) is 3.34. The van der Waals surface area contributed by atoms with Crippen molar-refractivity contribution in [2.45, 2.75) is 0 Å². The summed E-state index contributed by atoms with van der Waals surface area (Å²) in [7, 11) is 0. The number of aromatic amines is 1. The molecule has 1 heterocycles. The molecule has 0 aliphatic rings. The molecule has 3 rings (SSSR count). The molecule has 0 aliphatic heterocycles. The number of non-ortho nitro benzene ring substituents is 1. The number of hydrogen-bond donors (Lipinski definition) is 3. The molecule has 0 unspecified atom stereocenters. The standard InChI is InChI=1S/C15H12N4O4/c16-15(21)18(12-6-5-9(19(22)23)7-14(12)20)13-8-17-11-4-2-1-3-10(11)13/h1-8,17,20H,(H2,16,21). The molecule has 0 spiro atoms. The lowest BCUT2D eigenvalue weighted by Crippen LogP contribution is -2.31. The number of aromatic hydroxyl groups is 1. The number of benzene rings is 2. The van der Waals surface area contributed by atoms with Crippen LogP contribution in [0.25, 0.3) is 10.9 Å². The first-order valence-corrected chi connectivity index (χ1v) is 6.62. The Hall–Kier alpha value is -3.55. The average molecular weight is 312 g/mol. The van der Waals surface area contributed by atoms with Crippen LogP contribution in [0.3, 0.4) is 0 Å². The maximum atomic E-state index is 11.9. The number of hydrogen-bond acceptors (Lipinski definition) is 4. The number of phenolic OH excluding ortho intramolecular Hbond substituents is 1. The molecule has 3 aromatic rings. The molecular formula is C15H12N4O4. The normalized spacial score (nSPS) is 10.6. The third kappa shape index (κ3) is 2.42. The summed E-state index contributed by atoms with van der Waals surface area (Å²) in [6.45, 7) is 0. The number of para-hydroxylation sites is 1. The molecule has 2 amide bonds. The second-order valence-corrected chi connectivity index (χ2v) is 4.82. The van der Waals surface area contributed by atoms with Gasteiger partial charge in [0.25, 0.3) is 5.69 Å². The molecule has 8 nitrogen and oxygen atoms in total.